The number of hydrogen-bond acceptors (Lipinski definition) is 4. The van der Waals surface area contributed by atoms with Gasteiger partial charge >= 0.3 is 0 Å². The molecule has 38 heavy (non-hydrogen) atoms. The molecule has 4 aromatic rings. The summed E-state index contributed by atoms with van der Waals surface area (Å²) in [5, 5.41) is 14.9. The number of nitrogens with zero attached hydrogens (tertiary/aromatic N) is 2. The molecule has 1 aliphatic heterocycles. The van der Waals surface area contributed by atoms with Crippen LogP contribution in [-0.4, -0.2) is 39.7 Å². The van der Waals surface area contributed by atoms with Gasteiger partial charge in [-0.3, -0.25) is 14.7 Å². The highest BCUT2D eigenvalue weighted by Gasteiger charge is 2.32. The molecule has 1 saturated carbocycles. The minimum Gasteiger partial charge on any atom is -0.494 e. The van der Waals surface area contributed by atoms with E-state index in [1.54, 1.807) is 6.07 Å². The fourth-order valence-electron chi connectivity index (χ4n) is 5.41. The second-order valence-corrected chi connectivity index (χ2v) is 10.6. The summed E-state index contributed by atoms with van der Waals surface area (Å²) in [6, 6.07) is 23.8. The van der Waals surface area contributed by atoms with E-state index in [1.165, 1.54) is 31.5 Å². The van der Waals surface area contributed by atoms with Gasteiger partial charge in [0.25, 0.3) is 5.91 Å². The molecule has 6 rings (SSSR count). The molecule has 6 nitrogen and oxygen atoms in total. The second kappa shape index (κ2) is 10.5. The van der Waals surface area contributed by atoms with Gasteiger partial charge in [-0.1, -0.05) is 42.5 Å². The number of aromatic nitrogens is 1. The average Bonchev–Trinajstić information content (AvgIpc) is 3.55. The number of benzene rings is 3. The van der Waals surface area contributed by atoms with Crippen molar-refractivity contribution in [1.82, 2.24) is 15.2 Å². The van der Waals surface area contributed by atoms with E-state index in [0.29, 0.717) is 17.0 Å². The van der Waals surface area contributed by atoms with Gasteiger partial charge in [0, 0.05) is 28.9 Å². The smallest absolute Gasteiger partial charge is 0.251 e. The predicted octanol–water partition coefficient (Wildman–Crippen LogP) is 6.49. The molecule has 1 atom stereocenters. The Balaban J connectivity index is 1.28. The van der Waals surface area contributed by atoms with Crippen LogP contribution < -0.4 is 5.32 Å². The van der Waals surface area contributed by atoms with Crippen LogP contribution in [0.15, 0.2) is 77.8 Å². The number of H-pyrrole nitrogens is 1. The SMILES string of the molecule is C[C@@H](NC(=O)c1ccc2[nH]c(O)c(C(=Nc3ccc(CN4CCCC4)cc3)C3CC3)c2c1)c1ccccc1. The standard InChI is InChI=1S/C32H34N4O2/c1-21(23-7-3-2-4-8-23)33-31(37)25-13-16-28-27(19-25)29(32(38)35-28)30(24-11-12-24)34-26-14-9-22(10-15-26)20-36-17-5-6-18-36/h2-4,7-10,13-16,19,21,24,35,38H,5-6,11-12,17-18,20H2,1H3,(H,33,37)/t21-/m1/s1. The van der Waals surface area contributed by atoms with Gasteiger partial charge in [-0.05, 0) is 87.2 Å². The van der Waals surface area contributed by atoms with Crippen LogP contribution in [0.25, 0.3) is 10.9 Å². The van der Waals surface area contributed by atoms with Crippen molar-refractivity contribution < 1.29 is 9.90 Å². The van der Waals surface area contributed by atoms with Crippen LogP contribution in [0.3, 0.4) is 0 Å². The molecule has 2 fully saturated rings. The number of carbonyl (C=O) groups excluding carboxylic acids is 1. The van der Waals surface area contributed by atoms with E-state index < -0.39 is 0 Å². The van der Waals surface area contributed by atoms with Crippen LogP contribution >= 0.6 is 0 Å². The molecule has 3 aromatic carbocycles. The quantitative estimate of drug-likeness (QED) is 0.239. The molecule has 1 amide bonds. The monoisotopic (exact) mass is 506 g/mol. The van der Waals surface area contributed by atoms with Crippen molar-refractivity contribution in [3.05, 3.63) is 95.1 Å². The maximum absolute atomic E-state index is 13.1. The predicted molar refractivity (Wildman–Crippen MR) is 152 cm³/mol. The van der Waals surface area contributed by atoms with Crippen LogP contribution in [0.4, 0.5) is 5.69 Å². The summed E-state index contributed by atoms with van der Waals surface area (Å²) in [4.78, 5) is 23.8. The van der Waals surface area contributed by atoms with Crippen molar-refractivity contribution >= 4 is 28.2 Å². The fourth-order valence-corrected chi connectivity index (χ4v) is 5.41. The number of aromatic hydroxyl groups is 1. The zero-order valence-corrected chi connectivity index (χ0v) is 21.8. The molecule has 1 saturated heterocycles. The highest BCUT2D eigenvalue weighted by atomic mass is 16.3. The van der Waals surface area contributed by atoms with E-state index in [-0.39, 0.29) is 17.8 Å². The second-order valence-electron chi connectivity index (χ2n) is 10.6. The Morgan fingerprint density at radius 3 is 2.50 bits per heavy atom. The first-order valence-corrected chi connectivity index (χ1v) is 13.7. The number of aliphatic imine (C=N–C) groups is 1. The van der Waals surface area contributed by atoms with Crippen LogP contribution in [-0.2, 0) is 6.54 Å². The van der Waals surface area contributed by atoms with Gasteiger partial charge in [0.15, 0.2) is 5.88 Å². The maximum Gasteiger partial charge on any atom is 0.251 e. The number of carbonyl (C=O) groups is 1. The summed E-state index contributed by atoms with van der Waals surface area (Å²) in [7, 11) is 0. The van der Waals surface area contributed by atoms with Crippen LogP contribution in [0.2, 0.25) is 0 Å². The van der Waals surface area contributed by atoms with Gasteiger partial charge in [0.05, 0.1) is 23.0 Å². The Labute approximate surface area is 223 Å². The van der Waals surface area contributed by atoms with Gasteiger partial charge in [0.2, 0.25) is 0 Å². The van der Waals surface area contributed by atoms with Crippen LogP contribution in [0.1, 0.15) is 65.7 Å². The number of fused-ring (bicyclic) bond motifs is 1. The summed E-state index contributed by atoms with van der Waals surface area (Å²) < 4.78 is 0. The molecule has 2 heterocycles. The van der Waals surface area contributed by atoms with Gasteiger partial charge in [0.1, 0.15) is 0 Å². The van der Waals surface area contributed by atoms with E-state index >= 15 is 0 Å². The molecule has 194 valence electrons. The number of hydrogen-bond donors (Lipinski definition) is 3. The van der Waals surface area contributed by atoms with Gasteiger partial charge in [-0.25, -0.2) is 0 Å². The van der Waals surface area contributed by atoms with Gasteiger partial charge < -0.3 is 15.4 Å². The van der Waals surface area contributed by atoms with Gasteiger partial charge in [-0.2, -0.15) is 0 Å². The first-order chi connectivity index (χ1) is 18.5. The number of nitrogens with one attached hydrogen (secondary N) is 2. The summed E-state index contributed by atoms with van der Waals surface area (Å²) in [5.41, 5.74) is 6.18. The molecule has 0 spiro atoms. The van der Waals surface area contributed by atoms with E-state index in [1.807, 2.05) is 49.4 Å². The lowest BCUT2D eigenvalue weighted by Gasteiger charge is -2.14. The molecule has 3 N–H and O–H groups in total. The van der Waals surface area contributed by atoms with E-state index in [4.69, 9.17) is 4.99 Å². The Kier molecular flexibility index (Phi) is 6.73. The molecule has 0 unspecified atom stereocenters. The normalized spacial score (nSPS) is 17.1. The topological polar surface area (TPSA) is 80.7 Å². The lowest BCUT2D eigenvalue weighted by molar-refractivity contribution is 0.0940. The van der Waals surface area contributed by atoms with Crippen LogP contribution in [0.5, 0.6) is 5.88 Å². The maximum atomic E-state index is 13.1. The largest absolute Gasteiger partial charge is 0.494 e. The Hall–Kier alpha value is -3.90. The van der Waals surface area contributed by atoms with Crippen molar-refractivity contribution in [2.75, 3.05) is 13.1 Å². The Morgan fingerprint density at radius 1 is 1.05 bits per heavy atom. The molecule has 1 aliphatic carbocycles. The molecular formula is C32H34N4O2. The number of amides is 1. The van der Waals surface area contributed by atoms with Gasteiger partial charge in [-0.15, -0.1) is 0 Å². The van der Waals surface area contributed by atoms with Crippen molar-refractivity contribution in [3.8, 4) is 5.88 Å². The fraction of sp³-hybridized carbons (Fsp3) is 0.312. The zero-order chi connectivity index (χ0) is 26.1. The average molecular weight is 507 g/mol. The number of rotatable bonds is 8. The highest BCUT2D eigenvalue weighted by molar-refractivity contribution is 6.16. The molecule has 2 aliphatic rings. The molecule has 0 radical (unpaired) electrons. The van der Waals surface area contributed by atoms with E-state index in [9.17, 15) is 9.90 Å². The summed E-state index contributed by atoms with van der Waals surface area (Å²) >= 11 is 0. The molecule has 1 aromatic heterocycles. The van der Waals surface area contributed by atoms with Crippen LogP contribution in [0, 0.1) is 5.92 Å². The Bertz CT molecular complexity index is 1460. The number of aromatic amines is 1. The lowest BCUT2D eigenvalue weighted by atomic mass is 10.0. The van der Waals surface area contributed by atoms with Crippen molar-refractivity contribution in [1.29, 1.82) is 0 Å². The van der Waals surface area contributed by atoms with E-state index in [2.05, 4.69) is 39.5 Å². The Morgan fingerprint density at radius 2 is 1.79 bits per heavy atom. The minimum atomic E-state index is -0.145. The summed E-state index contributed by atoms with van der Waals surface area (Å²) in [6.07, 6.45) is 4.67. The lowest BCUT2D eigenvalue weighted by Crippen LogP contribution is -2.26. The summed E-state index contributed by atoms with van der Waals surface area (Å²) in [5.74, 6) is 0.264. The number of likely N-dealkylation sites (tertiary alicyclic amines) is 1. The summed E-state index contributed by atoms with van der Waals surface area (Å²) in [6.45, 7) is 5.32. The van der Waals surface area contributed by atoms with Crippen molar-refractivity contribution in [2.24, 2.45) is 10.9 Å². The third-order valence-electron chi connectivity index (χ3n) is 7.70. The first-order valence-electron chi connectivity index (χ1n) is 13.7. The zero-order valence-electron chi connectivity index (χ0n) is 21.8. The first kappa shape index (κ1) is 24.4. The highest BCUT2D eigenvalue weighted by Crippen LogP contribution is 2.40. The third-order valence-corrected chi connectivity index (χ3v) is 7.70. The third kappa shape index (κ3) is 5.22. The minimum absolute atomic E-state index is 0.103. The van der Waals surface area contributed by atoms with E-state index in [0.717, 1.165) is 47.3 Å². The van der Waals surface area contributed by atoms with Crippen molar-refractivity contribution in [2.45, 2.75) is 45.2 Å². The molecule has 6 heteroatoms. The molecular weight excluding hydrogens is 472 g/mol. The molecule has 0 bridgehead atoms. The van der Waals surface area contributed by atoms with Crippen molar-refractivity contribution in [3.63, 3.8) is 0 Å².